The lowest BCUT2D eigenvalue weighted by Gasteiger charge is -2.14. The highest BCUT2D eigenvalue weighted by Gasteiger charge is 2.21. The van der Waals surface area contributed by atoms with Gasteiger partial charge >= 0.3 is 5.97 Å². The van der Waals surface area contributed by atoms with E-state index in [0.29, 0.717) is 5.56 Å². The van der Waals surface area contributed by atoms with Crippen molar-refractivity contribution in [3.63, 3.8) is 0 Å². The van der Waals surface area contributed by atoms with Crippen LogP contribution in [0.15, 0.2) is 12.1 Å². The molecule has 130 valence electrons. The molecule has 3 rings (SSSR count). The molecule has 1 fully saturated rings. The smallest absolute Gasteiger partial charge is 0.337 e. The van der Waals surface area contributed by atoms with Crippen LogP contribution in [0.1, 0.15) is 53.4 Å². The van der Waals surface area contributed by atoms with Crippen molar-refractivity contribution < 1.29 is 9.90 Å². The van der Waals surface area contributed by atoms with Gasteiger partial charge in [0.1, 0.15) is 0 Å². The molecule has 1 aromatic carbocycles. The maximum absolute atomic E-state index is 11.8. The van der Waals surface area contributed by atoms with Gasteiger partial charge in [-0.1, -0.05) is 6.92 Å². The molecule has 0 spiro atoms. The third-order valence-corrected chi connectivity index (χ3v) is 5.25. The topological polar surface area (TPSA) is 45.5 Å². The highest BCUT2D eigenvalue weighted by atomic mass is 16.4. The summed E-state index contributed by atoms with van der Waals surface area (Å²) in [5.41, 5.74) is 4.93. The van der Waals surface area contributed by atoms with Gasteiger partial charge in [-0.25, -0.2) is 4.79 Å². The van der Waals surface area contributed by atoms with Crippen molar-refractivity contribution >= 4 is 16.9 Å². The van der Waals surface area contributed by atoms with Gasteiger partial charge in [-0.2, -0.15) is 0 Å². The Hall–Kier alpha value is -1.81. The van der Waals surface area contributed by atoms with Crippen LogP contribution in [0.2, 0.25) is 0 Å². The third kappa shape index (κ3) is 3.07. The van der Waals surface area contributed by atoms with Crippen molar-refractivity contribution in [2.45, 2.75) is 53.0 Å². The minimum atomic E-state index is -0.829. The van der Waals surface area contributed by atoms with Gasteiger partial charge in [-0.3, -0.25) is 0 Å². The normalized spacial score (nSPS) is 15.5. The highest BCUT2D eigenvalue weighted by Crippen LogP contribution is 2.31. The van der Waals surface area contributed by atoms with E-state index in [4.69, 9.17) is 0 Å². The Kier molecular flexibility index (Phi) is 4.95. The molecule has 4 heteroatoms. The number of benzene rings is 1. The standard InChI is InChI=1S/C20H28N2O2/c1-4-8-22-15(3)16(7-11-21-9-5-6-10-21)17-12-14(2)13-18(19(17)22)20(23)24/h12-13H,4-11H2,1-3H3,(H,23,24). The summed E-state index contributed by atoms with van der Waals surface area (Å²) in [7, 11) is 0. The van der Waals surface area contributed by atoms with Crippen LogP contribution in [-0.2, 0) is 13.0 Å². The number of carbonyl (C=O) groups is 1. The van der Waals surface area contributed by atoms with Crippen molar-refractivity contribution in [2.75, 3.05) is 19.6 Å². The molecule has 2 heterocycles. The van der Waals surface area contributed by atoms with Gasteiger partial charge in [0, 0.05) is 24.2 Å². The lowest BCUT2D eigenvalue weighted by Crippen LogP contribution is -2.22. The van der Waals surface area contributed by atoms with Crippen LogP contribution in [-0.4, -0.2) is 40.2 Å². The molecule has 0 saturated carbocycles. The number of fused-ring (bicyclic) bond motifs is 1. The first-order valence-electron chi connectivity index (χ1n) is 9.11. The molecule has 4 nitrogen and oxygen atoms in total. The van der Waals surface area contributed by atoms with Crippen LogP contribution in [0.3, 0.4) is 0 Å². The third-order valence-electron chi connectivity index (χ3n) is 5.25. The molecule has 0 atom stereocenters. The Morgan fingerprint density at radius 3 is 2.50 bits per heavy atom. The van der Waals surface area contributed by atoms with Gasteiger partial charge in [-0.15, -0.1) is 0 Å². The number of aryl methyl sites for hydroxylation is 2. The SMILES string of the molecule is CCCn1c(C)c(CCN2CCCC2)c2cc(C)cc(C(=O)O)c21. The molecule has 0 amide bonds. The quantitative estimate of drug-likeness (QED) is 0.871. The van der Waals surface area contributed by atoms with Crippen LogP contribution in [0.5, 0.6) is 0 Å². The Labute approximate surface area is 144 Å². The number of likely N-dealkylation sites (tertiary alicyclic amines) is 1. The predicted molar refractivity (Wildman–Crippen MR) is 98.0 cm³/mol. The Morgan fingerprint density at radius 1 is 1.17 bits per heavy atom. The van der Waals surface area contributed by atoms with E-state index >= 15 is 0 Å². The second-order valence-corrected chi connectivity index (χ2v) is 7.03. The Bertz CT molecular complexity index is 755. The molecule has 1 aromatic heterocycles. The molecule has 0 aliphatic carbocycles. The molecular formula is C20H28N2O2. The van der Waals surface area contributed by atoms with Crippen LogP contribution in [0.25, 0.3) is 10.9 Å². The van der Waals surface area contributed by atoms with E-state index in [2.05, 4.69) is 29.4 Å². The molecule has 1 N–H and O–H groups in total. The zero-order valence-corrected chi connectivity index (χ0v) is 15.1. The minimum absolute atomic E-state index is 0.439. The summed E-state index contributed by atoms with van der Waals surface area (Å²) in [6.07, 6.45) is 4.61. The maximum Gasteiger partial charge on any atom is 0.337 e. The summed E-state index contributed by atoms with van der Waals surface area (Å²) in [6, 6.07) is 3.97. The Balaban J connectivity index is 2.09. The monoisotopic (exact) mass is 328 g/mol. The first kappa shape index (κ1) is 17.0. The summed E-state index contributed by atoms with van der Waals surface area (Å²) in [5.74, 6) is -0.829. The van der Waals surface area contributed by atoms with Gasteiger partial charge in [0.15, 0.2) is 0 Å². The molecular weight excluding hydrogens is 300 g/mol. The van der Waals surface area contributed by atoms with E-state index in [-0.39, 0.29) is 0 Å². The molecule has 0 bridgehead atoms. The van der Waals surface area contributed by atoms with Crippen LogP contribution < -0.4 is 0 Å². The van der Waals surface area contributed by atoms with E-state index < -0.39 is 5.97 Å². The van der Waals surface area contributed by atoms with E-state index in [9.17, 15) is 9.90 Å². The highest BCUT2D eigenvalue weighted by molar-refractivity contribution is 6.04. The zero-order valence-electron chi connectivity index (χ0n) is 15.1. The van der Waals surface area contributed by atoms with Gasteiger partial charge < -0.3 is 14.6 Å². The molecule has 2 aromatic rings. The first-order chi connectivity index (χ1) is 11.5. The summed E-state index contributed by atoms with van der Waals surface area (Å²) in [5, 5.41) is 10.8. The number of nitrogens with zero attached hydrogens (tertiary/aromatic N) is 2. The molecule has 1 saturated heterocycles. The average Bonchev–Trinajstić information content (AvgIpc) is 3.13. The number of carboxylic acid groups (broad SMARTS) is 1. The molecule has 1 aliphatic rings. The van der Waals surface area contributed by atoms with Crippen molar-refractivity contribution in [3.8, 4) is 0 Å². The number of aromatic nitrogens is 1. The van der Waals surface area contributed by atoms with Crippen molar-refractivity contribution in [3.05, 3.63) is 34.5 Å². The van der Waals surface area contributed by atoms with Crippen molar-refractivity contribution in [1.82, 2.24) is 9.47 Å². The molecule has 1 aliphatic heterocycles. The minimum Gasteiger partial charge on any atom is -0.478 e. The summed E-state index contributed by atoms with van der Waals surface area (Å²) >= 11 is 0. The van der Waals surface area contributed by atoms with Crippen molar-refractivity contribution in [2.24, 2.45) is 0 Å². The fourth-order valence-corrected chi connectivity index (χ4v) is 4.08. The molecule has 0 radical (unpaired) electrons. The number of aromatic carboxylic acids is 1. The number of hydrogen-bond acceptors (Lipinski definition) is 2. The largest absolute Gasteiger partial charge is 0.478 e. The van der Waals surface area contributed by atoms with Crippen LogP contribution in [0, 0.1) is 13.8 Å². The summed E-state index contributed by atoms with van der Waals surface area (Å²) in [6.45, 7) is 10.6. The fourth-order valence-electron chi connectivity index (χ4n) is 4.08. The number of hydrogen-bond donors (Lipinski definition) is 1. The van der Waals surface area contributed by atoms with E-state index in [0.717, 1.165) is 42.4 Å². The lowest BCUT2D eigenvalue weighted by atomic mass is 10.0. The second-order valence-electron chi connectivity index (χ2n) is 7.03. The van der Waals surface area contributed by atoms with Gasteiger partial charge in [0.05, 0.1) is 11.1 Å². The van der Waals surface area contributed by atoms with E-state index in [1.807, 2.05) is 6.92 Å². The fraction of sp³-hybridized carbons (Fsp3) is 0.550. The molecule has 24 heavy (non-hydrogen) atoms. The lowest BCUT2D eigenvalue weighted by molar-refractivity contribution is 0.0698. The van der Waals surface area contributed by atoms with Gasteiger partial charge in [0.25, 0.3) is 0 Å². The van der Waals surface area contributed by atoms with Crippen LogP contribution in [0.4, 0.5) is 0 Å². The predicted octanol–water partition coefficient (Wildman–Crippen LogP) is 4.00. The zero-order chi connectivity index (χ0) is 17.3. The molecule has 0 unspecified atom stereocenters. The maximum atomic E-state index is 11.8. The average molecular weight is 328 g/mol. The number of rotatable bonds is 6. The Morgan fingerprint density at radius 2 is 1.88 bits per heavy atom. The van der Waals surface area contributed by atoms with Gasteiger partial charge in [-0.05, 0) is 75.9 Å². The summed E-state index contributed by atoms with van der Waals surface area (Å²) < 4.78 is 2.22. The number of carboxylic acids is 1. The first-order valence-corrected chi connectivity index (χ1v) is 9.11. The van der Waals surface area contributed by atoms with Gasteiger partial charge in [0.2, 0.25) is 0 Å². The van der Waals surface area contributed by atoms with E-state index in [1.165, 1.54) is 37.2 Å². The van der Waals surface area contributed by atoms with Crippen molar-refractivity contribution in [1.29, 1.82) is 0 Å². The van der Waals surface area contributed by atoms with E-state index in [1.54, 1.807) is 6.07 Å². The van der Waals surface area contributed by atoms with Crippen LogP contribution >= 0.6 is 0 Å². The second kappa shape index (κ2) is 6.98. The summed E-state index contributed by atoms with van der Waals surface area (Å²) in [4.78, 5) is 14.3.